The fourth-order valence-electron chi connectivity index (χ4n) is 2.12. The molecule has 0 radical (unpaired) electrons. The Bertz CT molecular complexity index is 609. The smallest absolute Gasteiger partial charge is 0.132 e. The highest BCUT2D eigenvalue weighted by Crippen LogP contribution is 2.27. The molecule has 21 heavy (non-hydrogen) atoms. The first-order valence-corrected chi connectivity index (χ1v) is 7.14. The van der Waals surface area contributed by atoms with Gasteiger partial charge in [-0.3, -0.25) is 0 Å². The Labute approximate surface area is 123 Å². The Morgan fingerprint density at radius 2 is 1.90 bits per heavy atom. The van der Waals surface area contributed by atoms with E-state index in [0.717, 1.165) is 11.1 Å². The van der Waals surface area contributed by atoms with Crippen LogP contribution in [0, 0.1) is 5.82 Å². The lowest BCUT2D eigenvalue weighted by Gasteiger charge is -2.12. The van der Waals surface area contributed by atoms with Crippen molar-refractivity contribution < 1.29 is 14.2 Å². The summed E-state index contributed by atoms with van der Waals surface area (Å²) in [6.45, 7) is 0.611. The quantitative estimate of drug-likeness (QED) is 0.856. The predicted octanol–water partition coefficient (Wildman–Crippen LogP) is 3.36. The van der Waals surface area contributed by atoms with Crippen LogP contribution in [-0.2, 0) is 13.2 Å². The van der Waals surface area contributed by atoms with Gasteiger partial charge < -0.3 is 15.2 Å². The van der Waals surface area contributed by atoms with Gasteiger partial charge in [0.05, 0.1) is 6.61 Å². The third-order valence-electron chi connectivity index (χ3n) is 3.51. The SMILES string of the molecule is OCc1ccc(Oc2ccc(F)cc2CNC2CC2)cc1. The molecule has 4 heteroatoms. The summed E-state index contributed by atoms with van der Waals surface area (Å²) in [5.74, 6) is 1.07. The molecular formula is C17H18FNO2. The van der Waals surface area contributed by atoms with Crippen LogP contribution in [0.5, 0.6) is 11.5 Å². The maximum atomic E-state index is 13.4. The van der Waals surface area contributed by atoms with E-state index in [0.29, 0.717) is 24.1 Å². The van der Waals surface area contributed by atoms with Crippen molar-refractivity contribution in [3.63, 3.8) is 0 Å². The molecule has 0 atom stereocenters. The molecular weight excluding hydrogens is 269 g/mol. The molecule has 3 nitrogen and oxygen atoms in total. The Hall–Kier alpha value is -1.91. The van der Waals surface area contributed by atoms with E-state index in [1.165, 1.54) is 25.0 Å². The second-order valence-corrected chi connectivity index (χ2v) is 5.31. The average Bonchev–Trinajstić information content (AvgIpc) is 3.32. The summed E-state index contributed by atoms with van der Waals surface area (Å²) in [5, 5.41) is 12.4. The summed E-state index contributed by atoms with van der Waals surface area (Å²) < 4.78 is 19.2. The number of ether oxygens (including phenoxy) is 1. The van der Waals surface area contributed by atoms with Crippen LogP contribution in [0.15, 0.2) is 42.5 Å². The molecule has 0 unspecified atom stereocenters. The Morgan fingerprint density at radius 3 is 2.57 bits per heavy atom. The van der Waals surface area contributed by atoms with Gasteiger partial charge in [0, 0.05) is 18.2 Å². The van der Waals surface area contributed by atoms with Crippen molar-refractivity contribution in [2.75, 3.05) is 0 Å². The van der Waals surface area contributed by atoms with E-state index in [1.807, 2.05) is 0 Å². The van der Waals surface area contributed by atoms with Gasteiger partial charge in [0.2, 0.25) is 0 Å². The highest BCUT2D eigenvalue weighted by atomic mass is 19.1. The number of hydrogen-bond donors (Lipinski definition) is 2. The van der Waals surface area contributed by atoms with Crippen LogP contribution in [-0.4, -0.2) is 11.1 Å². The van der Waals surface area contributed by atoms with Gasteiger partial charge in [-0.05, 0) is 48.7 Å². The maximum absolute atomic E-state index is 13.4. The second-order valence-electron chi connectivity index (χ2n) is 5.31. The van der Waals surface area contributed by atoms with E-state index in [1.54, 1.807) is 30.3 Å². The minimum absolute atomic E-state index is 0.00733. The monoisotopic (exact) mass is 287 g/mol. The molecule has 1 aliphatic carbocycles. The average molecular weight is 287 g/mol. The van der Waals surface area contributed by atoms with Crippen molar-refractivity contribution in [2.24, 2.45) is 0 Å². The zero-order chi connectivity index (χ0) is 14.7. The number of aliphatic hydroxyl groups excluding tert-OH is 1. The number of aliphatic hydroxyl groups is 1. The zero-order valence-corrected chi connectivity index (χ0v) is 11.7. The van der Waals surface area contributed by atoms with Crippen molar-refractivity contribution in [2.45, 2.75) is 32.0 Å². The third kappa shape index (κ3) is 3.80. The summed E-state index contributed by atoms with van der Waals surface area (Å²) in [6, 6.07) is 12.3. The maximum Gasteiger partial charge on any atom is 0.132 e. The normalized spacial score (nSPS) is 14.2. The van der Waals surface area contributed by atoms with Gasteiger partial charge in [0.25, 0.3) is 0 Å². The molecule has 0 saturated heterocycles. The van der Waals surface area contributed by atoms with Crippen LogP contribution >= 0.6 is 0 Å². The summed E-state index contributed by atoms with van der Waals surface area (Å²) in [4.78, 5) is 0. The first kappa shape index (κ1) is 14.0. The van der Waals surface area contributed by atoms with Crippen molar-refractivity contribution in [3.05, 3.63) is 59.4 Å². The lowest BCUT2D eigenvalue weighted by atomic mass is 10.2. The van der Waals surface area contributed by atoms with Crippen LogP contribution in [0.25, 0.3) is 0 Å². The summed E-state index contributed by atoms with van der Waals surface area (Å²) >= 11 is 0. The van der Waals surface area contributed by atoms with Crippen molar-refractivity contribution in [1.82, 2.24) is 5.32 Å². The molecule has 2 N–H and O–H groups in total. The predicted molar refractivity (Wildman–Crippen MR) is 78.7 cm³/mol. The van der Waals surface area contributed by atoms with E-state index in [2.05, 4.69) is 5.32 Å². The van der Waals surface area contributed by atoms with Crippen LogP contribution in [0.1, 0.15) is 24.0 Å². The summed E-state index contributed by atoms with van der Waals surface area (Å²) in [7, 11) is 0. The van der Waals surface area contributed by atoms with E-state index >= 15 is 0 Å². The number of hydrogen-bond acceptors (Lipinski definition) is 3. The van der Waals surface area contributed by atoms with E-state index in [9.17, 15) is 4.39 Å². The second kappa shape index (κ2) is 6.24. The molecule has 0 heterocycles. The molecule has 0 amide bonds. The molecule has 3 rings (SSSR count). The topological polar surface area (TPSA) is 41.5 Å². The molecule has 2 aromatic rings. The molecule has 0 aromatic heterocycles. The van der Waals surface area contributed by atoms with Crippen LogP contribution in [0.3, 0.4) is 0 Å². The highest BCUT2D eigenvalue weighted by Gasteiger charge is 2.20. The highest BCUT2D eigenvalue weighted by molar-refractivity contribution is 5.39. The van der Waals surface area contributed by atoms with Crippen LogP contribution in [0.2, 0.25) is 0 Å². The number of benzene rings is 2. The Morgan fingerprint density at radius 1 is 1.14 bits per heavy atom. The van der Waals surface area contributed by atoms with E-state index in [4.69, 9.17) is 9.84 Å². The molecule has 0 bridgehead atoms. The van der Waals surface area contributed by atoms with Gasteiger partial charge in [-0.1, -0.05) is 12.1 Å². The molecule has 1 aliphatic rings. The fraction of sp³-hybridized carbons (Fsp3) is 0.294. The van der Waals surface area contributed by atoms with Gasteiger partial charge in [-0.15, -0.1) is 0 Å². The minimum atomic E-state index is -0.259. The lowest BCUT2D eigenvalue weighted by Crippen LogP contribution is -2.15. The lowest BCUT2D eigenvalue weighted by molar-refractivity contribution is 0.281. The molecule has 2 aromatic carbocycles. The summed E-state index contributed by atoms with van der Waals surface area (Å²) in [5.41, 5.74) is 1.64. The van der Waals surface area contributed by atoms with Crippen molar-refractivity contribution >= 4 is 0 Å². The fourth-order valence-corrected chi connectivity index (χ4v) is 2.12. The zero-order valence-electron chi connectivity index (χ0n) is 11.7. The molecule has 0 spiro atoms. The standard InChI is InChI=1S/C17H18FNO2/c18-14-3-8-17(13(9-14)10-19-15-4-5-15)21-16-6-1-12(11-20)2-7-16/h1-3,6-9,15,19-20H,4-5,10-11H2. The van der Waals surface area contributed by atoms with Gasteiger partial charge in [0.15, 0.2) is 0 Å². The van der Waals surface area contributed by atoms with Gasteiger partial charge in [-0.25, -0.2) is 4.39 Å². The largest absolute Gasteiger partial charge is 0.457 e. The van der Waals surface area contributed by atoms with E-state index in [-0.39, 0.29) is 12.4 Å². The number of halogens is 1. The molecule has 0 aliphatic heterocycles. The van der Waals surface area contributed by atoms with Crippen LogP contribution < -0.4 is 10.1 Å². The van der Waals surface area contributed by atoms with Gasteiger partial charge >= 0.3 is 0 Å². The molecule has 1 saturated carbocycles. The van der Waals surface area contributed by atoms with Crippen molar-refractivity contribution in [1.29, 1.82) is 0 Å². The third-order valence-corrected chi connectivity index (χ3v) is 3.51. The van der Waals surface area contributed by atoms with Gasteiger partial charge in [0.1, 0.15) is 17.3 Å². The van der Waals surface area contributed by atoms with Crippen molar-refractivity contribution in [3.8, 4) is 11.5 Å². The number of rotatable bonds is 6. The van der Waals surface area contributed by atoms with Crippen LogP contribution in [0.4, 0.5) is 4.39 Å². The first-order chi connectivity index (χ1) is 10.2. The minimum Gasteiger partial charge on any atom is -0.457 e. The molecule has 1 fully saturated rings. The Balaban J connectivity index is 1.75. The van der Waals surface area contributed by atoms with E-state index < -0.39 is 0 Å². The molecule has 110 valence electrons. The summed E-state index contributed by atoms with van der Waals surface area (Å²) in [6.07, 6.45) is 2.38. The Kier molecular flexibility index (Phi) is 4.18. The van der Waals surface area contributed by atoms with Gasteiger partial charge in [-0.2, -0.15) is 0 Å². The number of nitrogens with one attached hydrogen (secondary N) is 1. The first-order valence-electron chi connectivity index (χ1n) is 7.14.